The van der Waals surface area contributed by atoms with Crippen LogP contribution in [0, 0.1) is 0 Å². The standard InChI is InChI=1S/C11H14BrNO4/c12-8-1-2-10(9(7-8)11(15)16)13-3-5-17-6-4-14/h1-2,7,13-14H,3-6H2,(H,15,16). The first kappa shape index (κ1) is 14.0. The zero-order chi connectivity index (χ0) is 12.7. The first-order chi connectivity index (χ1) is 8.15. The molecule has 0 saturated heterocycles. The van der Waals surface area contributed by atoms with Gasteiger partial charge in [0.2, 0.25) is 0 Å². The molecule has 3 N–H and O–H groups in total. The molecule has 1 rings (SSSR count). The lowest BCUT2D eigenvalue weighted by Crippen LogP contribution is -2.13. The van der Waals surface area contributed by atoms with Crippen molar-refractivity contribution < 1.29 is 19.7 Å². The summed E-state index contributed by atoms with van der Waals surface area (Å²) in [5.41, 5.74) is 0.759. The van der Waals surface area contributed by atoms with Crippen molar-refractivity contribution in [3.63, 3.8) is 0 Å². The monoisotopic (exact) mass is 303 g/mol. The summed E-state index contributed by atoms with van der Waals surface area (Å²) in [5.74, 6) is -0.981. The fourth-order valence-electron chi connectivity index (χ4n) is 1.27. The van der Waals surface area contributed by atoms with E-state index in [0.717, 1.165) is 4.47 Å². The number of aliphatic hydroxyl groups excluding tert-OH is 1. The molecular formula is C11H14BrNO4. The lowest BCUT2D eigenvalue weighted by molar-refractivity contribution is 0.0697. The highest BCUT2D eigenvalue weighted by molar-refractivity contribution is 9.10. The molecule has 0 saturated carbocycles. The molecule has 0 aliphatic carbocycles. The molecule has 0 aromatic heterocycles. The van der Waals surface area contributed by atoms with Crippen molar-refractivity contribution in [2.24, 2.45) is 0 Å². The molecule has 5 nitrogen and oxygen atoms in total. The minimum atomic E-state index is -0.981. The molecule has 0 amide bonds. The highest BCUT2D eigenvalue weighted by Crippen LogP contribution is 2.20. The van der Waals surface area contributed by atoms with Crippen LogP contribution >= 0.6 is 15.9 Å². The summed E-state index contributed by atoms with van der Waals surface area (Å²) in [7, 11) is 0. The Labute approximate surface area is 108 Å². The Kier molecular flexibility index (Phi) is 5.96. The van der Waals surface area contributed by atoms with Crippen LogP contribution in [0.5, 0.6) is 0 Å². The summed E-state index contributed by atoms with van der Waals surface area (Å²) in [5, 5.41) is 20.5. The quantitative estimate of drug-likeness (QED) is 0.666. The van der Waals surface area contributed by atoms with E-state index in [1.807, 2.05) is 0 Å². The maximum atomic E-state index is 11.0. The van der Waals surface area contributed by atoms with Crippen LogP contribution in [0.4, 0.5) is 5.69 Å². The number of aliphatic hydroxyl groups is 1. The molecule has 0 heterocycles. The summed E-state index contributed by atoms with van der Waals surface area (Å²) < 4.78 is 5.78. The van der Waals surface area contributed by atoms with E-state index in [4.69, 9.17) is 14.9 Å². The Balaban J connectivity index is 2.55. The Morgan fingerprint density at radius 1 is 1.41 bits per heavy atom. The van der Waals surface area contributed by atoms with E-state index in [-0.39, 0.29) is 18.8 Å². The van der Waals surface area contributed by atoms with Gasteiger partial charge in [0.25, 0.3) is 0 Å². The second-order valence-corrected chi connectivity index (χ2v) is 4.17. The van der Waals surface area contributed by atoms with E-state index < -0.39 is 5.97 Å². The second kappa shape index (κ2) is 7.26. The van der Waals surface area contributed by atoms with Crippen molar-refractivity contribution >= 4 is 27.6 Å². The number of hydrogen-bond donors (Lipinski definition) is 3. The molecule has 0 fully saturated rings. The second-order valence-electron chi connectivity index (χ2n) is 3.26. The zero-order valence-corrected chi connectivity index (χ0v) is 10.7. The molecule has 0 bridgehead atoms. The maximum Gasteiger partial charge on any atom is 0.337 e. The van der Waals surface area contributed by atoms with E-state index in [1.54, 1.807) is 18.2 Å². The predicted octanol–water partition coefficient (Wildman–Crippen LogP) is 1.57. The molecule has 0 unspecified atom stereocenters. The summed E-state index contributed by atoms with van der Waals surface area (Å²) in [6.07, 6.45) is 0. The highest BCUT2D eigenvalue weighted by Gasteiger charge is 2.09. The molecule has 0 radical (unpaired) electrons. The summed E-state index contributed by atoms with van der Waals surface area (Å²) in [6, 6.07) is 5.00. The SMILES string of the molecule is O=C(O)c1cc(Br)ccc1NCCOCCO. The molecule has 0 aliphatic heterocycles. The average Bonchev–Trinajstić information content (AvgIpc) is 2.30. The Hall–Kier alpha value is -1.11. The average molecular weight is 304 g/mol. The van der Waals surface area contributed by atoms with Gasteiger partial charge < -0.3 is 20.3 Å². The molecule has 1 aromatic carbocycles. The number of anilines is 1. The number of hydrogen-bond acceptors (Lipinski definition) is 4. The van der Waals surface area contributed by atoms with Crippen LogP contribution in [0.15, 0.2) is 22.7 Å². The van der Waals surface area contributed by atoms with Crippen LogP contribution in [-0.2, 0) is 4.74 Å². The maximum absolute atomic E-state index is 11.0. The molecule has 1 aromatic rings. The van der Waals surface area contributed by atoms with Gasteiger partial charge in [0.05, 0.1) is 25.4 Å². The smallest absolute Gasteiger partial charge is 0.337 e. The number of ether oxygens (including phenoxy) is 1. The zero-order valence-electron chi connectivity index (χ0n) is 9.15. The van der Waals surface area contributed by atoms with Crippen LogP contribution < -0.4 is 5.32 Å². The van der Waals surface area contributed by atoms with E-state index in [2.05, 4.69) is 21.2 Å². The summed E-state index contributed by atoms with van der Waals surface area (Å²) in [6.45, 7) is 1.17. The number of benzene rings is 1. The largest absolute Gasteiger partial charge is 0.478 e. The molecule has 0 spiro atoms. The van der Waals surface area contributed by atoms with Crippen LogP contribution in [0.1, 0.15) is 10.4 Å². The van der Waals surface area contributed by atoms with Crippen LogP contribution in [0.3, 0.4) is 0 Å². The van der Waals surface area contributed by atoms with Crippen molar-refractivity contribution in [3.05, 3.63) is 28.2 Å². The molecule has 17 heavy (non-hydrogen) atoms. The van der Waals surface area contributed by atoms with Gasteiger partial charge in [-0.15, -0.1) is 0 Å². The van der Waals surface area contributed by atoms with Crippen molar-refractivity contribution in [1.29, 1.82) is 0 Å². The van der Waals surface area contributed by atoms with Gasteiger partial charge in [-0.1, -0.05) is 15.9 Å². The van der Waals surface area contributed by atoms with Gasteiger partial charge in [-0.05, 0) is 18.2 Å². The molecular weight excluding hydrogens is 290 g/mol. The van der Waals surface area contributed by atoms with Crippen LogP contribution in [0.2, 0.25) is 0 Å². The first-order valence-electron chi connectivity index (χ1n) is 5.10. The fourth-order valence-corrected chi connectivity index (χ4v) is 1.63. The lowest BCUT2D eigenvalue weighted by Gasteiger charge is -2.10. The third kappa shape index (κ3) is 4.72. The van der Waals surface area contributed by atoms with Crippen LogP contribution in [0.25, 0.3) is 0 Å². The minimum Gasteiger partial charge on any atom is -0.478 e. The lowest BCUT2D eigenvalue weighted by atomic mass is 10.2. The molecule has 94 valence electrons. The van der Waals surface area contributed by atoms with Crippen molar-refractivity contribution in [2.45, 2.75) is 0 Å². The fraction of sp³-hybridized carbons (Fsp3) is 0.364. The summed E-state index contributed by atoms with van der Waals surface area (Å²) >= 11 is 3.22. The van der Waals surface area contributed by atoms with Crippen LogP contribution in [-0.4, -0.2) is 42.5 Å². The van der Waals surface area contributed by atoms with Crippen molar-refractivity contribution in [1.82, 2.24) is 0 Å². The number of carboxylic acid groups (broad SMARTS) is 1. The van der Waals surface area contributed by atoms with Gasteiger partial charge in [0.1, 0.15) is 0 Å². The number of carboxylic acids is 1. The van der Waals surface area contributed by atoms with Gasteiger partial charge in [-0.25, -0.2) is 4.79 Å². The van der Waals surface area contributed by atoms with Gasteiger partial charge in [0, 0.05) is 16.7 Å². The Morgan fingerprint density at radius 2 is 2.18 bits per heavy atom. The van der Waals surface area contributed by atoms with Gasteiger partial charge >= 0.3 is 5.97 Å². The Morgan fingerprint density at radius 3 is 2.82 bits per heavy atom. The van der Waals surface area contributed by atoms with E-state index in [1.165, 1.54) is 0 Å². The van der Waals surface area contributed by atoms with E-state index in [0.29, 0.717) is 18.8 Å². The predicted molar refractivity (Wildman–Crippen MR) is 67.5 cm³/mol. The normalized spacial score (nSPS) is 10.2. The Bertz CT molecular complexity index is 384. The van der Waals surface area contributed by atoms with Crippen molar-refractivity contribution in [3.8, 4) is 0 Å². The van der Waals surface area contributed by atoms with Gasteiger partial charge in [-0.2, -0.15) is 0 Å². The number of carbonyl (C=O) groups is 1. The first-order valence-corrected chi connectivity index (χ1v) is 5.89. The number of nitrogens with one attached hydrogen (secondary N) is 1. The topological polar surface area (TPSA) is 78.8 Å². The number of aromatic carboxylic acids is 1. The minimum absolute atomic E-state index is 0.0152. The van der Waals surface area contributed by atoms with Crippen molar-refractivity contribution in [2.75, 3.05) is 31.7 Å². The molecule has 0 aliphatic rings. The molecule has 0 atom stereocenters. The number of halogens is 1. The number of rotatable bonds is 7. The van der Waals surface area contributed by atoms with E-state index in [9.17, 15) is 4.79 Å². The van der Waals surface area contributed by atoms with E-state index >= 15 is 0 Å². The summed E-state index contributed by atoms with van der Waals surface area (Å²) in [4.78, 5) is 11.0. The third-order valence-electron chi connectivity index (χ3n) is 2.01. The van der Waals surface area contributed by atoms with Gasteiger partial charge in [0.15, 0.2) is 0 Å². The molecule has 6 heteroatoms. The highest BCUT2D eigenvalue weighted by atomic mass is 79.9. The third-order valence-corrected chi connectivity index (χ3v) is 2.50. The van der Waals surface area contributed by atoms with Gasteiger partial charge in [-0.3, -0.25) is 0 Å².